The highest BCUT2D eigenvalue weighted by Gasteiger charge is 2.20. The van der Waals surface area contributed by atoms with Crippen molar-refractivity contribution in [3.63, 3.8) is 0 Å². The number of aromatic amines is 1. The van der Waals surface area contributed by atoms with Crippen LogP contribution in [0.25, 0.3) is 0 Å². The summed E-state index contributed by atoms with van der Waals surface area (Å²) >= 11 is 0. The minimum Gasteiger partial charge on any atom is -0.349 e. The summed E-state index contributed by atoms with van der Waals surface area (Å²) in [5.41, 5.74) is 3.07. The predicted octanol–water partition coefficient (Wildman–Crippen LogP) is 5.12. The Kier molecular flexibility index (Phi) is 7.71. The number of aryl methyl sites for hydroxylation is 1. The molecule has 1 aliphatic rings. The molecule has 2 aromatic rings. The van der Waals surface area contributed by atoms with Crippen LogP contribution in [0.2, 0.25) is 0 Å². The highest BCUT2D eigenvalue weighted by atomic mass is 14.9. The van der Waals surface area contributed by atoms with Crippen molar-refractivity contribution in [2.24, 2.45) is 0 Å². The molecule has 0 aliphatic heterocycles. The number of H-pyrrole nitrogens is 1. The number of aromatic nitrogens is 2. The summed E-state index contributed by atoms with van der Waals surface area (Å²) in [6.45, 7) is 8.00. The quantitative estimate of drug-likeness (QED) is 0.807. The van der Waals surface area contributed by atoms with Crippen molar-refractivity contribution in [3.8, 4) is 0 Å². The van der Waals surface area contributed by atoms with E-state index in [0.29, 0.717) is 5.92 Å². The van der Waals surface area contributed by atoms with Crippen LogP contribution in [-0.2, 0) is 12.8 Å². The van der Waals surface area contributed by atoms with Gasteiger partial charge in [-0.2, -0.15) is 0 Å². The van der Waals surface area contributed by atoms with Crippen molar-refractivity contribution < 1.29 is 0 Å². The van der Waals surface area contributed by atoms with Gasteiger partial charge in [-0.15, -0.1) is 0 Å². The smallest absolute Gasteiger partial charge is 0.106 e. The van der Waals surface area contributed by atoms with Crippen molar-refractivity contribution in [1.29, 1.82) is 0 Å². The number of rotatable bonds is 2. The van der Waals surface area contributed by atoms with Gasteiger partial charge in [0.25, 0.3) is 0 Å². The van der Waals surface area contributed by atoms with Crippen LogP contribution in [0, 0.1) is 0 Å². The Morgan fingerprint density at radius 3 is 2.60 bits per heavy atom. The first-order valence-electron chi connectivity index (χ1n) is 7.99. The van der Waals surface area contributed by atoms with Crippen LogP contribution < -0.4 is 0 Å². The molecule has 0 radical (unpaired) electrons. The molecule has 0 spiro atoms. The Morgan fingerprint density at radius 2 is 1.90 bits per heavy atom. The maximum Gasteiger partial charge on any atom is 0.106 e. The number of fused-ring (bicyclic) bond motifs is 1. The van der Waals surface area contributed by atoms with Crippen LogP contribution in [0.15, 0.2) is 36.7 Å². The topological polar surface area (TPSA) is 28.7 Å². The lowest BCUT2D eigenvalue weighted by atomic mass is 9.81. The van der Waals surface area contributed by atoms with Gasteiger partial charge in [-0.3, -0.25) is 0 Å². The van der Waals surface area contributed by atoms with Crippen molar-refractivity contribution >= 4 is 0 Å². The Hall–Kier alpha value is -1.57. The highest BCUT2D eigenvalue weighted by Crippen LogP contribution is 2.33. The van der Waals surface area contributed by atoms with E-state index < -0.39 is 0 Å². The maximum atomic E-state index is 4.33. The van der Waals surface area contributed by atoms with Crippen LogP contribution >= 0.6 is 0 Å². The summed E-state index contributed by atoms with van der Waals surface area (Å²) in [5, 5.41) is 0. The zero-order chi connectivity index (χ0) is 14.8. The van der Waals surface area contributed by atoms with Crippen LogP contribution in [0.5, 0.6) is 0 Å². The molecule has 110 valence electrons. The van der Waals surface area contributed by atoms with E-state index in [9.17, 15) is 0 Å². The third-order valence-electron chi connectivity index (χ3n) is 3.49. The lowest BCUT2D eigenvalue weighted by Crippen LogP contribution is -2.12. The Labute approximate surface area is 123 Å². The van der Waals surface area contributed by atoms with Gasteiger partial charge in [0.15, 0.2) is 0 Å². The van der Waals surface area contributed by atoms with Gasteiger partial charge in [-0.05, 0) is 36.3 Å². The van der Waals surface area contributed by atoms with Crippen LogP contribution in [0.4, 0.5) is 0 Å². The number of benzene rings is 1. The predicted molar refractivity (Wildman–Crippen MR) is 87.1 cm³/mol. The Morgan fingerprint density at radius 1 is 1.15 bits per heavy atom. The molecule has 0 amide bonds. The van der Waals surface area contributed by atoms with Gasteiger partial charge < -0.3 is 4.98 Å². The Balaban J connectivity index is 0.000000461. The first-order chi connectivity index (χ1) is 9.93. The van der Waals surface area contributed by atoms with E-state index in [1.54, 1.807) is 0 Å². The van der Waals surface area contributed by atoms with Crippen molar-refractivity contribution in [3.05, 3.63) is 53.6 Å². The molecule has 1 aromatic heterocycles. The maximum absolute atomic E-state index is 4.33. The van der Waals surface area contributed by atoms with Gasteiger partial charge in [0.05, 0.1) is 0 Å². The molecule has 1 aromatic carbocycles. The van der Waals surface area contributed by atoms with E-state index in [-0.39, 0.29) is 0 Å². The van der Waals surface area contributed by atoms with Gasteiger partial charge >= 0.3 is 0 Å². The molecule has 2 nitrogen and oxygen atoms in total. The van der Waals surface area contributed by atoms with E-state index in [1.165, 1.54) is 30.4 Å². The van der Waals surface area contributed by atoms with Crippen molar-refractivity contribution in [2.75, 3.05) is 0 Å². The second kappa shape index (κ2) is 9.35. The first-order valence-corrected chi connectivity index (χ1v) is 7.99. The zero-order valence-corrected chi connectivity index (χ0v) is 13.3. The fraction of sp³-hybridized carbons (Fsp3) is 0.500. The second-order valence-corrected chi connectivity index (χ2v) is 4.53. The summed E-state index contributed by atoms with van der Waals surface area (Å²) in [5.74, 6) is 1.76. The van der Waals surface area contributed by atoms with Crippen LogP contribution in [0.3, 0.4) is 0 Å². The summed E-state index contributed by atoms with van der Waals surface area (Å²) in [4.78, 5) is 7.53. The normalized spacial score (nSPS) is 16.1. The highest BCUT2D eigenvalue weighted by molar-refractivity contribution is 5.33. The SMILES string of the molecule is CC.CC.c1ccc2c(c1)CCCC2Cc1ncc[nH]1. The number of imidazole rings is 1. The number of nitrogens with zero attached hydrogens (tertiary/aromatic N) is 1. The van der Waals surface area contributed by atoms with Gasteiger partial charge in [-0.1, -0.05) is 52.0 Å². The van der Waals surface area contributed by atoms with Crippen molar-refractivity contribution in [1.82, 2.24) is 9.97 Å². The molecule has 0 saturated carbocycles. The van der Waals surface area contributed by atoms with Gasteiger partial charge in [0, 0.05) is 18.8 Å². The summed E-state index contributed by atoms with van der Waals surface area (Å²) in [6, 6.07) is 8.85. The molecule has 2 heteroatoms. The molecule has 1 unspecified atom stereocenters. The monoisotopic (exact) mass is 272 g/mol. The van der Waals surface area contributed by atoms with Gasteiger partial charge in [0.2, 0.25) is 0 Å². The average Bonchev–Trinajstić information content (AvgIpc) is 3.05. The molecule has 1 heterocycles. The minimum atomic E-state index is 0.649. The third-order valence-corrected chi connectivity index (χ3v) is 3.49. The molecule has 1 atom stereocenters. The summed E-state index contributed by atoms with van der Waals surface area (Å²) < 4.78 is 0. The van der Waals surface area contributed by atoms with E-state index in [0.717, 1.165) is 12.2 Å². The minimum absolute atomic E-state index is 0.649. The van der Waals surface area contributed by atoms with Crippen molar-refractivity contribution in [2.45, 2.75) is 59.3 Å². The molecule has 3 rings (SSSR count). The Bertz CT molecular complexity index is 460. The molecular formula is C18H28N2. The second-order valence-electron chi connectivity index (χ2n) is 4.53. The third kappa shape index (κ3) is 4.22. The first kappa shape index (κ1) is 16.5. The summed E-state index contributed by atoms with van der Waals surface area (Å²) in [7, 11) is 0. The van der Waals surface area contributed by atoms with Gasteiger partial charge in [0.1, 0.15) is 5.82 Å². The molecule has 20 heavy (non-hydrogen) atoms. The van der Waals surface area contributed by atoms with Crippen LogP contribution in [0.1, 0.15) is 63.4 Å². The van der Waals surface area contributed by atoms with Crippen LogP contribution in [-0.4, -0.2) is 9.97 Å². The standard InChI is InChI=1S/C14H16N2.2C2H6/c1-2-7-13-11(4-1)5-3-6-12(13)10-14-15-8-9-16-14;2*1-2/h1-2,4,7-9,12H,3,5-6,10H2,(H,15,16);2*1-2H3. The molecule has 1 aliphatic carbocycles. The fourth-order valence-electron chi connectivity index (χ4n) is 2.71. The molecule has 0 fully saturated rings. The number of hydrogen-bond acceptors (Lipinski definition) is 1. The molecule has 1 N–H and O–H groups in total. The number of hydrogen-bond donors (Lipinski definition) is 1. The van der Waals surface area contributed by atoms with E-state index in [2.05, 4.69) is 34.2 Å². The zero-order valence-electron chi connectivity index (χ0n) is 13.3. The fourth-order valence-corrected chi connectivity index (χ4v) is 2.71. The lowest BCUT2D eigenvalue weighted by molar-refractivity contribution is 0.541. The van der Waals surface area contributed by atoms with Gasteiger partial charge in [-0.25, -0.2) is 4.98 Å². The number of nitrogens with one attached hydrogen (secondary N) is 1. The molecule has 0 saturated heterocycles. The largest absolute Gasteiger partial charge is 0.349 e. The molecule has 0 bridgehead atoms. The lowest BCUT2D eigenvalue weighted by Gasteiger charge is -2.24. The van der Waals surface area contributed by atoms with E-state index >= 15 is 0 Å². The average molecular weight is 272 g/mol. The molecular weight excluding hydrogens is 244 g/mol. The summed E-state index contributed by atoms with van der Waals surface area (Å²) in [6.07, 6.45) is 8.63. The van der Waals surface area contributed by atoms with E-state index in [1.807, 2.05) is 40.1 Å². The van der Waals surface area contributed by atoms with E-state index in [4.69, 9.17) is 0 Å².